The summed E-state index contributed by atoms with van der Waals surface area (Å²) < 4.78 is 2.23. The van der Waals surface area contributed by atoms with Gasteiger partial charge >= 0.3 is 0 Å². The van der Waals surface area contributed by atoms with Crippen molar-refractivity contribution in [2.75, 3.05) is 0 Å². The first-order valence-corrected chi connectivity index (χ1v) is 10.1. The zero-order valence-electron chi connectivity index (χ0n) is 16.5. The Morgan fingerprint density at radius 2 is 1.17 bits per heavy atom. The van der Waals surface area contributed by atoms with Crippen LogP contribution in [0.25, 0.3) is 27.8 Å². The highest BCUT2D eigenvalue weighted by Crippen LogP contribution is 2.31. The van der Waals surface area contributed by atoms with E-state index in [1.807, 2.05) is 78.9 Å². The number of nitrogens with zero attached hydrogens (tertiary/aromatic N) is 1. The molecule has 0 aliphatic carbocycles. The maximum Gasteiger partial charge on any atom is 0.193 e. The van der Waals surface area contributed by atoms with Gasteiger partial charge in [-0.25, -0.2) is 0 Å². The first-order valence-electron chi connectivity index (χ1n) is 10.1. The Kier molecular flexibility index (Phi) is 4.74. The average molecular weight is 387 g/mol. The number of fused-ring (bicyclic) bond motifs is 1. The van der Waals surface area contributed by atoms with E-state index >= 15 is 0 Å². The summed E-state index contributed by atoms with van der Waals surface area (Å²) in [6.07, 6.45) is 0.585. The minimum Gasteiger partial charge on any atom is -0.309 e. The van der Waals surface area contributed by atoms with E-state index in [-0.39, 0.29) is 5.43 Å². The van der Waals surface area contributed by atoms with E-state index in [1.165, 1.54) is 0 Å². The standard InChI is InChI=1S/C28H21NO/c30-28-24-18-10-11-19-26(24)29(23-16-8-3-9-17-23)27(22-14-6-2-7-15-22)25(28)20-21-12-4-1-5-13-21/h1-19H,20H2. The fourth-order valence-electron chi connectivity index (χ4n) is 4.09. The van der Waals surface area contributed by atoms with Gasteiger partial charge in [0.2, 0.25) is 0 Å². The topological polar surface area (TPSA) is 22.0 Å². The second kappa shape index (κ2) is 7.84. The molecule has 0 unspecified atom stereocenters. The maximum atomic E-state index is 13.7. The van der Waals surface area contributed by atoms with Crippen molar-refractivity contribution in [2.45, 2.75) is 6.42 Å². The second-order valence-electron chi connectivity index (χ2n) is 7.37. The van der Waals surface area contributed by atoms with Gasteiger partial charge in [-0.2, -0.15) is 0 Å². The van der Waals surface area contributed by atoms with Crippen LogP contribution in [-0.4, -0.2) is 4.57 Å². The first-order chi connectivity index (χ1) is 14.8. The van der Waals surface area contributed by atoms with Crippen LogP contribution in [0.4, 0.5) is 0 Å². The summed E-state index contributed by atoms with van der Waals surface area (Å²) in [6.45, 7) is 0. The van der Waals surface area contributed by atoms with Crippen molar-refractivity contribution in [3.63, 3.8) is 0 Å². The van der Waals surface area contributed by atoms with Crippen molar-refractivity contribution in [2.24, 2.45) is 0 Å². The summed E-state index contributed by atoms with van der Waals surface area (Å²) in [5.74, 6) is 0. The van der Waals surface area contributed by atoms with Gasteiger partial charge in [0.25, 0.3) is 0 Å². The first kappa shape index (κ1) is 18.1. The van der Waals surface area contributed by atoms with Gasteiger partial charge in [0, 0.05) is 23.1 Å². The molecule has 2 nitrogen and oxygen atoms in total. The third-order valence-electron chi connectivity index (χ3n) is 5.46. The molecule has 0 amide bonds. The zero-order chi connectivity index (χ0) is 20.3. The van der Waals surface area contributed by atoms with Crippen LogP contribution in [0, 0.1) is 0 Å². The quantitative estimate of drug-likeness (QED) is 0.357. The summed E-state index contributed by atoms with van der Waals surface area (Å²) in [7, 11) is 0. The van der Waals surface area contributed by atoms with Crippen molar-refractivity contribution >= 4 is 10.9 Å². The van der Waals surface area contributed by atoms with Crippen LogP contribution in [-0.2, 0) is 6.42 Å². The third kappa shape index (κ3) is 3.23. The van der Waals surface area contributed by atoms with Gasteiger partial charge in [-0.3, -0.25) is 4.79 Å². The van der Waals surface area contributed by atoms with E-state index in [0.717, 1.165) is 39.0 Å². The number of hydrogen-bond donors (Lipinski definition) is 0. The SMILES string of the molecule is O=c1c(Cc2ccccc2)c(-c2ccccc2)n(-c2ccccc2)c2ccccc12. The van der Waals surface area contributed by atoms with Crippen LogP contribution in [0.15, 0.2) is 120 Å². The Balaban J connectivity index is 1.93. The van der Waals surface area contributed by atoms with Crippen LogP contribution in [0.5, 0.6) is 0 Å². The maximum absolute atomic E-state index is 13.7. The van der Waals surface area contributed by atoms with Crippen LogP contribution in [0.2, 0.25) is 0 Å². The Hall–Kier alpha value is -3.91. The van der Waals surface area contributed by atoms with Crippen molar-refractivity contribution < 1.29 is 0 Å². The minimum absolute atomic E-state index is 0.0977. The van der Waals surface area contributed by atoms with E-state index in [4.69, 9.17) is 0 Å². The molecule has 30 heavy (non-hydrogen) atoms. The summed E-state index contributed by atoms with van der Waals surface area (Å²) in [5, 5.41) is 0.743. The highest BCUT2D eigenvalue weighted by atomic mass is 16.1. The van der Waals surface area contributed by atoms with E-state index in [2.05, 4.69) is 41.0 Å². The third-order valence-corrected chi connectivity index (χ3v) is 5.46. The van der Waals surface area contributed by atoms with Gasteiger partial charge in [0.05, 0.1) is 11.2 Å². The Bertz CT molecular complexity index is 1350. The molecule has 0 atom stereocenters. The van der Waals surface area contributed by atoms with Gasteiger partial charge in [0.1, 0.15) is 0 Å². The highest BCUT2D eigenvalue weighted by Gasteiger charge is 2.19. The fraction of sp³-hybridized carbons (Fsp3) is 0.0357. The number of hydrogen-bond acceptors (Lipinski definition) is 1. The van der Waals surface area contributed by atoms with E-state index < -0.39 is 0 Å². The van der Waals surface area contributed by atoms with Crippen molar-refractivity contribution in [1.29, 1.82) is 0 Å². The molecule has 0 N–H and O–H groups in total. The zero-order valence-corrected chi connectivity index (χ0v) is 16.5. The molecule has 5 rings (SSSR count). The predicted octanol–water partition coefficient (Wildman–Crippen LogP) is 6.25. The molecule has 0 spiro atoms. The summed E-state index contributed by atoms with van der Waals surface area (Å²) in [4.78, 5) is 13.7. The normalized spacial score (nSPS) is 10.9. The largest absolute Gasteiger partial charge is 0.309 e. The molecule has 144 valence electrons. The van der Waals surface area contributed by atoms with Crippen LogP contribution in [0.1, 0.15) is 11.1 Å². The Morgan fingerprint density at radius 1 is 0.600 bits per heavy atom. The lowest BCUT2D eigenvalue weighted by Gasteiger charge is -2.21. The number of pyridine rings is 1. The Morgan fingerprint density at radius 3 is 1.87 bits per heavy atom. The average Bonchev–Trinajstić information content (AvgIpc) is 2.82. The molecule has 5 aromatic rings. The molecule has 0 aliphatic rings. The van der Waals surface area contributed by atoms with Gasteiger partial charge < -0.3 is 4.57 Å². The van der Waals surface area contributed by atoms with Gasteiger partial charge in [-0.1, -0.05) is 91.0 Å². The van der Waals surface area contributed by atoms with Crippen molar-refractivity contribution in [3.8, 4) is 16.9 Å². The van der Waals surface area contributed by atoms with Crippen LogP contribution >= 0.6 is 0 Å². The molecule has 0 fully saturated rings. The van der Waals surface area contributed by atoms with E-state index in [0.29, 0.717) is 6.42 Å². The lowest BCUT2D eigenvalue weighted by Crippen LogP contribution is -2.18. The molecular formula is C28H21NO. The second-order valence-corrected chi connectivity index (χ2v) is 7.37. The molecule has 0 aliphatic heterocycles. The number of aromatic nitrogens is 1. The van der Waals surface area contributed by atoms with Crippen molar-refractivity contribution in [3.05, 3.63) is 137 Å². The van der Waals surface area contributed by atoms with Crippen LogP contribution < -0.4 is 5.43 Å². The monoisotopic (exact) mass is 387 g/mol. The number of para-hydroxylation sites is 2. The summed E-state index contributed by atoms with van der Waals surface area (Å²) >= 11 is 0. The molecule has 2 heteroatoms. The molecule has 4 aromatic carbocycles. The van der Waals surface area contributed by atoms with Gasteiger partial charge in [0.15, 0.2) is 5.43 Å². The van der Waals surface area contributed by atoms with Gasteiger partial charge in [-0.15, -0.1) is 0 Å². The molecule has 0 bridgehead atoms. The summed E-state index contributed by atoms with van der Waals surface area (Å²) in [5.41, 5.74) is 5.99. The van der Waals surface area contributed by atoms with Gasteiger partial charge in [-0.05, 0) is 35.4 Å². The Labute approximate surface area is 175 Å². The number of benzene rings is 4. The lowest BCUT2D eigenvalue weighted by atomic mass is 9.96. The molecule has 0 radical (unpaired) electrons. The molecular weight excluding hydrogens is 366 g/mol. The fourth-order valence-corrected chi connectivity index (χ4v) is 4.09. The molecule has 1 aromatic heterocycles. The molecule has 1 heterocycles. The van der Waals surface area contributed by atoms with Crippen LogP contribution in [0.3, 0.4) is 0 Å². The highest BCUT2D eigenvalue weighted by molar-refractivity contribution is 5.86. The predicted molar refractivity (Wildman–Crippen MR) is 124 cm³/mol. The van der Waals surface area contributed by atoms with Crippen molar-refractivity contribution in [1.82, 2.24) is 4.57 Å². The lowest BCUT2D eigenvalue weighted by molar-refractivity contribution is 1.05. The van der Waals surface area contributed by atoms with E-state index in [9.17, 15) is 4.79 Å². The van der Waals surface area contributed by atoms with E-state index in [1.54, 1.807) is 0 Å². The number of rotatable bonds is 4. The minimum atomic E-state index is 0.0977. The molecule has 0 saturated heterocycles. The summed E-state index contributed by atoms with van der Waals surface area (Å²) in [6, 6.07) is 38.6. The molecule has 0 saturated carbocycles. The smallest absolute Gasteiger partial charge is 0.193 e.